The van der Waals surface area contributed by atoms with Gasteiger partial charge in [0.05, 0.1) is 0 Å². The summed E-state index contributed by atoms with van der Waals surface area (Å²) in [7, 11) is 0. The lowest BCUT2D eigenvalue weighted by Crippen LogP contribution is -2.02. The largest absolute Gasteiger partial charge is 0.384 e. The van der Waals surface area contributed by atoms with Crippen LogP contribution in [0.1, 0.15) is 75.9 Å². The Labute approximate surface area is 123 Å². The lowest BCUT2D eigenvalue weighted by atomic mass is 9.94. The molecule has 0 aliphatic heterocycles. The van der Waals surface area contributed by atoms with Crippen molar-refractivity contribution in [2.24, 2.45) is 0 Å². The van der Waals surface area contributed by atoms with Crippen LogP contribution in [0.15, 0.2) is 42.0 Å². The molecule has 0 aromatic heterocycles. The van der Waals surface area contributed by atoms with Crippen LogP contribution in [0.3, 0.4) is 0 Å². The van der Waals surface area contributed by atoms with E-state index in [1.807, 2.05) is 30.3 Å². The number of aliphatic hydroxyl groups is 1. The summed E-state index contributed by atoms with van der Waals surface area (Å²) >= 11 is 0. The standard InChI is InChI=1S/C19H28O/c20-19(18-15-11-8-12-16-18)17-13-9-6-4-2-1-3-5-7-10-14-17/h8,11-13,15-16,19-20H,1-7,9-10,14H2/b17-13+. The van der Waals surface area contributed by atoms with Crippen molar-refractivity contribution in [2.75, 3.05) is 0 Å². The maximum atomic E-state index is 10.6. The Kier molecular flexibility index (Phi) is 6.86. The van der Waals surface area contributed by atoms with Gasteiger partial charge in [-0.1, -0.05) is 74.9 Å². The SMILES string of the molecule is OC(/C1=C/CCCCCCCCCC1)c1ccccc1. The fourth-order valence-electron chi connectivity index (χ4n) is 3.02. The van der Waals surface area contributed by atoms with E-state index in [4.69, 9.17) is 0 Å². The molecule has 1 aromatic carbocycles. The summed E-state index contributed by atoms with van der Waals surface area (Å²) in [5.74, 6) is 0. The highest BCUT2D eigenvalue weighted by molar-refractivity contribution is 5.25. The molecule has 0 heterocycles. The molecule has 0 saturated carbocycles. The maximum Gasteiger partial charge on any atom is 0.100 e. The first kappa shape index (κ1) is 15.3. The molecular weight excluding hydrogens is 244 g/mol. The molecule has 1 heteroatoms. The molecule has 1 unspecified atom stereocenters. The van der Waals surface area contributed by atoms with Gasteiger partial charge in [-0.3, -0.25) is 0 Å². The number of rotatable bonds is 2. The van der Waals surface area contributed by atoms with Gasteiger partial charge in [-0.2, -0.15) is 0 Å². The Bertz CT molecular complexity index is 393. The van der Waals surface area contributed by atoms with Gasteiger partial charge < -0.3 is 5.11 Å². The minimum atomic E-state index is -0.404. The molecule has 0 saturated heterocycles. The summed E-state index contributed by atoms with van der Waals surface area (Å²) in [5, 5.41) is 10.6. The van der Waals surface area contributed by atoms with Gasteiger partial charge in [-0.15, -0.1) is 0 Å². The van der Waals surface area contributed by atoms with Crippen molar-refractivity contribution in [3.05, 3.63) is 47.5 Å². The van der Waals surface area contributed by atoms with Crippen LogP contribution in [0.4, 0.5) is 0 Å². The molecule has 1 aromatic rings. The van der Waals surface area contributed by atoms with E-state index < -0.39 is 6.10 Å². The monoisotopic (exact) mass is 272 g/mol. The van der Waals surface area contributed by atoms with E-state index in [0.29, 0.717) is 0 Å². The smallest absolute Gasteiger partial charge is 0.100 e. The first-order valence-electron chi connectivity index (χ1n) is 8.30. The number of allylic oxidation sites excluding steroid dienone is 1. The quantitative estimate of drug-likeness (QED) is 0.699. The highest BCUT2D eigenvalue weighted by Gasteiger charge is 2.12. The molecule has 20 heavy (non-hydrogen) atoms. The van der Waals surface area contributed by atoms with Crippen molar-refractivity contribution in [3.63, 3.8) is 0 Å². The molecule has 0 spiro atoms. The number of benzene rings is 1. The summed E-state index contributed by atoms with van der Waals surface area (Å²) in [4.78, 5) is 0. The molecule has 2 rings (SSSR count). The summed E-state index contributed by atoms with van der Waals surface area (Å²) in [6.07, 6.45) is 14.7. The first-order valence-corrected chi connectivity index (χ1v) is 8.30. The average molecular weight is 272 g/mol. The Morgan fingerprint density at radius 3 is 2.05 bits per heavy atom. The third-order valence-corrected chi connectivity index (χ3v) is 4.29. The van der Waals surface area contributed by atoms with Crippen LogP contribution < -0.4 is 0 Å². The van der Waals surface area contributed by atoms with Crippen LogP contribution in [0, 0.1) is 0 Å². The predicted octanol–water partition coefficient (Wildman–Crippen LogP) is 5.56. The van der Waals surface area contributed by atoms with E-state index in [0.717, 1.165) is 18.4 Å². The van der Waals surface area contributed by atoms with Crippen LogP contribution in [0.25, 0.3) is 0 Å². The molecular formula is C19H28O. The molecule has 1 aliphatic carbocycles. The molecule has 0 amide bonds. The molecule has 0 bridgehead atoms. The Morgan fingerprint density at radius 2 is 1.35 bits per heavy atom. The minimum absolute atomic E-state index is 0.404. The minimum Gasteiger partial charge on any atom is -0.384 e. The van der Waals surface area contributed by atoms with E-state index >= 15 is 0 Å². The number of hydrogen-bond acceptors (Lipinski definition) is 1. The first-order chi connectivity index (χ1) is 9.88. The van der Waals surface area contributed by atoms with Crippen molar-refractivity contribution in [1.82, 2.24) is 0 Å². The average Bonchev–Trinajstić information content (AvgIpc) is 2.48. The molecule has 1 aliphatic rings. The van der Waals surface area contributed by atoms with Crippen LogP contribution >= 0.6 is 0 Å². The normalized spacial score (nSPS) is 22.9. The van der Waals surface area contributed by atoms with Crippen LogP contribution in [-0.2, 0) is 0 Å². The molecule has 1 atom stereocenters. The van der Waals surface area contributed by atoms with E-state index in [9.17, 15) is 5.11 Å². The summed E-state index contributed by atoms with van der Waals surface area (Å²) < 4.78 is 0. The summed E-state index contributed by atoms with van der Waals surface area (Å²) in [6.45, 7) is 0. The Hall–Kier alpha value is -1.08. The maximum absolute atomic E-state index is 10.6. The van der Waals surface area contributed by atoms with E-state index in [1.165, 1.54) is 56.9 Å². The van der Waals surface area contributed by atoms with E-state index in [2.05, 4.69) is 6.08 Å². The van der Waals surface area contributed by atoms with Gasteiger partial charge >= 0.3 is 0 Å². The van der Waals surface area contributed by atoms with Crippen LogP contribution in [0.5, 0.6) is 0 Å². The second kappa shape index (κ2) is 8.97. The fourth-order valence-corrected chi connectivity index (χ4v) is 3.02. The van der Waals surface area contributed by atoms with Gasteiger partial charge in [0, 0.05) is 0 Å². The Balaban J connectivity index is 2.00. The number of aliphatic hydroxyl groups excluding tert-OH is 1. The second-order valence-electron chi connectivity index (χ2n) is 5.96. The van der Waals surface area contributed by atoms with Crippen molar-refractivity contribution in [1.29, 1.82) is 0 Å². The van der Waals surface area contributed by atoms with E-state index in [-0.39, 0.29) is 0 Å². The van der Waals surface area contributed by atoms with Crippen molar-refractivity contribution >= 4 is 0 Å². The van der Waals surface area contributed by atoms with Gasteiger partial charge in [0.25, 0.3) is 0 Å². The van der Waals surface area contributed by atoms with Gasteiger partial charge in [-0.05, 0) is 36.8 Å². The molecule has 1 N–H and O–H groups in total. The number of hydrogen-bond donors (Lipinski definition) is 1. The summed E-state index contributed by atoms with van der Waals surface area (Å²) in [6, 6.07) is 10.1. The molecule has 0 radical (unpaired) electrons. The van der Waals surface area contributed by atoms with Crippen LogP contribution in [0.2, 0.25) is 0 Å². The van der Waals surface area contributed by atoms with Gasteiger partial charge in [0.15, 0.2) is 0 Å². The lowest BCUT2D eigenvalue weighted by Gasteiger charge is -2.16. The van der Waals surface area contributed by atoms with Gasteiger partial charge in [0.1, 0.15) is 6.10 Å². The third-order valence-electron chi connectivity index (χ3n) is 4.29. The van der Waals surface area contributed by atoms with Crippen molar-refractivity contribution in [2.45, 2.75) is 70.3 Å². The highest BCUT2D eigenvalue weighted by atomic mass is 16.3. The highest BCUT2D eigenvalue weighted by Crippen LogP contribution is 2.27. The topological polar surface area (TPSA) is 20.2 Å². The molecule has 110 valence electrons. The van der Waals surface area contributed by atoms with Gasteiger partial charge in [-0.25, -0.2) is 0 Å². The zero-order valence-corrected chi connectivity index (χ0v) is 12.6. The fraction of sp³-hybridized carbons (Fsp3) is 0.579. The summed E-state index contributed by atoms with van der Waals surface area (Å²) in [5.41, 5.74) is 2.27. The van der Waals surface area contributed by atoms with Crippen LogP contribution in [-0.4, -0.2) is 5.11 Å². The third kappa shape index (κ3) is 5.13. The van der Waals surface area contributed by atoms with E-state index in [1.54, 1.807) is 0 Å². The zero-order valence-electron chi connectivity index (χ0n) is 12.6. The van der Waals surface area contributed by atoms with Crippen molar-refractivity contribution in [3.8, 4) is 0 Å². The lowest BCUT2D eigenvalue weighted by molar-refractivity contribution is 0.209. The van der Waals surface area contributed by atoms with Gasteiger partial charge in [0.2, 0.25) is 0 Å². The predicted molar refractivity (Wildman–Crippen MR) is 85.7 cm³/mol. The zero-order chi connectivity index (χ0) is 14.0. The molecule has 0 fully saturated rings. The second-order valence-corrected chi connectivity index (χ2v) is 5.96. The van der Waals surface area contributed by atoms with Crippen molar-refractivity contribution < 1.29 is 5.11 Å². The molecule has 1 nitrogen and oxygen atoms in total. The Morgan fingerprint density at radius 1 is 0.750 bits per heavy atom.